The molecule has 0 aromatic heterocycles. The van der Waals surface area contributed by atoms with Gasteiger partial charge in [0.15, 0.2) is 0 Å². The van der Waals surface area contributed by atoms with Crippen LogP contribution >= 0.6 is 0 Å². The molecular weight excluding hydrogens is 308 g/mol. The lowest BCUT2D eigenvalue weighted by atomic mass is 10.0. The zero-order valence-corrected chi connectivity index (χ0v) is 12.1. The fraction of sp³-hybridized carbons (Fsp3) is 0.111. The van der Waals surface area contributed by atoms with Gasteiger partial charge in [-0.25, -0.2) is 4.39 Å². The summed E-state index contributed by atoms with van der Waals surface area (Å²) in [5.41, 5.74) is -0.243. The van der Waals surface area contributed by atoms with Gasteiger partial charge in [-0.3, -0.25) is 0 Å². The first-order valence-electron chi connectivity index (χ1n) is 6.84. The molecule has 0 amide bonds. The number of halogens is 4. The van der Waals surface area contributed by atoms with Crippen molar-refractivity contribution in [3.63, 3.8) is 0 Å². The highest BCUT2D eigenvalue weighted by molar-refractivity contribution is 5.89. The molecule has 0 radical (unpaired) electrons. The quantitative estimate of drug-likeness (QED) is 0.556. The maximum Gasteiger partial charge on any atom is 0.417 e. The number of alkyl halides is 3. The summed E-state index contributed by atoms with van der Waals surface area (Å²) < 4.78 is 59.0. The van der Waals surface area contributed by atoms with Crippen molar-refractivity contribution in [1.29, 1.82) is 0 Å². The molecule has 0 fully saturated rings. The molecule has 1 nitrogen and oxygen atoms in total. The molecular formula is C18H12F4O. The van der Waals surface area contributed by atoms with Gasteiger partial charge in [0, 0.05) is 5.56 Å². The van der Waals surface area contributed by atoms with E-state index in [1.165, 1.54) is 25.3 Å². The highest BCUT2D eigenvalue weighted by Gasteiger charge is 2.38. The van der Waals surface area contributed by atoms with Crippen LogP contribution in [-0.4, -0.2) is 7.11 Å². The van der Waals surface area contributed by atoms with Crippen LogP contribution in [0.2, 0.25) is 0 Å². The van der Waals surface area contributed by atoms with E-state index >= 15 is 0 Å². The number of hydrogen-bond donors (Lipinski definition) is 0. The molecule has 0 atom stereocenters. The van der Waals surface area contributed by atoms with Crippen LogP contribution in [0.25, 0.3) is 22.3 Å². The first-order chi connectivity index (χ1) is 10.9. The number of ether oxygens (including phenoxy) is 1. The molecule has 0 bridgehead atoms. The van der Waals surface area contributed by atoms with Crippen LogP contribution in [0.4, 0.5) is 17.6 Å². The van der Waals surface area contributed by atoms with E-state index in [1.807, 2.05) is 0 Å². The second kappa shape index (κ2) is 5.57. The van der Waals surface area contributed by atoms with Crippen molar-refractivity contribution in [2.75, 3.05) is 7.11 Å². The molecule has 0 saturated carbocycles. The van der Waals surface area contributed by atoms with Crippen LogP contribution in [-0.2, 0) is 6.18 Å². The first kappa shape index (κ1) is 15.3. The van der Waals surface area contributed by atoms with Gasteiger partial charge in [0.1, 0.15) is 11.6 Å². The summed E-state index contributed by atoms with van der Waals surface area (Å²) in [4.78, 5) is 0. The van der Waals surface area contributed by atoms with Crippen LogP contribution in [0.5, 0.6) is 5.75 Å². The van der Waals surface area contributed by atoms with Crippen molar-refractivity contribution in [3.8, 4) is 28.0 Å². The molecule has 0 saturated heterocycles. The minimum Gasteiger partial charge on any atom is -0.497 e. The van der Waals surface area contributed by atoms with Gasteiger partial charge in [0.2, 0.25) is 0 Å². The van der Waals surface area contributed by atoms with Crippen molar-refractivity contribution in [3.05, 3.63) is 66.0 Å². The molecule has 0 aliphatic heterocycles. The van der Waals surface area contributed by atoms with Crippen LogP contribution < -0.4 is 4.74 Å². The second-order valence-electron chi connectivity index (χ2n) is 5.05. The highest BCUT2D eigenvalue weighted by Crippen LogP contribution is 2.46. The predicted molar refractivity (Wildman–Crippen MR) is 80.0 cm³/mol. The van der Waals surface area contributed by atoms with Gasteiger partial charge < -0.3 is 4.74 Å². The molecule has 1 aromatic rings. The minimum atomic E-state index is -4.63. The normalized spacial score (nSPS) is 11.7. The monoisotopic (exact) mass is 320 g/mol. The lowest BCUT2D eigenvalue weighted by Gasteiger charge is -2.07. The SMILES string of the molecule is COc1ccc(-c2cc(C(F)(F)F)c3c(F)ccccc2-3)cc1. The Morgan fingerprint density at radius 3 is 2.13 bits per heavy atom. The average molecular weight is 320 g/mol. The standard InChI is InChI=1S/C18H12F4O/c1-23-12-8-6-11(7-9-12)14-10-15(18(20,21)22)17-13(14)4-2-3-5-16(17)19/h2-10H,1H3. The third-order valence-corrected chi connectivity index (χ3v) is 3.68. The number of benzene rings is 1. The molecule has 0 N–H and O–H groups in total. The van der Waals surface area contributed by atoms with Crippen LogP contribution in [0, 0.1) is 5.82 Å². The van der Waals surface area contributed by atoms with Crippen molar-refractivity contribution in [2.24, 2.45) is 0 Å². The summed E-state index contributed by atoms with van der Waals surface area (Å²) in [5, 5.41) is 0. The third-order valence-electron chi connectivity index (χ3n) is 3.68. The number of hydrogen-bond acceptors (Lipinski definition) is 1. The fourth-order valence-corrected chi connectivity index (χ4v) is 2.61. The highest BCUT2D eigenvalue weighted by atomic mass is 19.4. The largest absolute Gasteiger partial charge is 0.497 e. The van der Waals surface area contributed by atoms with Crippen molar-refractivity contribution < 1.29 is 22.3 Å². The Balaban J connectivity index is 2.27. The summed E-state index contributed by atoms with van der Waals surface area (Å²) in [6.45, 7) is 0. The summed E-state index contributed by atoms with van der Waals surface area (Å²) in [5.74, 6) is -0.297. The maximum absolute atomic E-state index is 14.1. The summed E-state index contributed by atoms with van der Waals surface area (Å²) in [7, 11) is 1.50. The number of rotatable bonds is 2. The maximum atomic E-state index is 14.1. The van der Waals surface area contributed by atoms with Gasteiger partial charge in [0.05, 0.1) is 12.7 Å². The Morgan fingerprint density at radius 2 is 1.52 bits per heavy atom. The molecule has 118 valence electrons. The first-order valence-corrected chi connectivity index (χ1v) is 6.84. The van der Waals surface area contributed by atoms with Crippen molar-refractivity contribution in [1.82, 2.24) is 0 Å². The lowest BCUT2D eigenvalue weighted by molar-refractivity contribution is -0.137. The lowest BCUT2D eigenvalue weighted by Crippen LogP contribution is -2.04. The van der Waals surface area contributed by atoms with Gasteiger partial charge in [0.25, 0.3) is 0 Å². The van der Waals surface area contributed by atoms with Gasteiger partial charge in [-0.05, 0) is 41.0 Å². The van der Waals surface area contributed by atoms with Crippen LogP contribution in [0.15, 0.2) is 54.6 Å². The van der Waals surface area contributed by atoms with Gasteiger partial charge >= 0.3 is 6.18 Å². The van der Waals surface area contributed by atoms with E-state index in [1.54, 1.807) is 24.3 Å². The minimum absolute atomic E-state index is 0.227. The Morgan fingerprint density at radius 1 is 0.870 bits per heavy atom. The zero-order chi connectivity index (χ0) is 16.6. The molecule has 1 aromatic carbocycles. The molecule has 0 unspecified atom stereocenters. The number of fused-ring (bicyclic) bond motifs is 1. The Bertz CT molecular complexity index is 806. The topological polar surface area (TPSA) is 9.23 Å². The van der Waals surface area contributed by atoms with E-state index < -0.39 is 23.1 Å². The van der Waals surface area contributed by atoms with Crippen LogP contribution in [0.1, 0.15) is 5.56 Å². The van der Waals surface area contributed by atoms with Gasteiger partial charge in [-0.15, -0.1) is 0 Å². The van der Waals surface area contributed by atoms with E-state index in [4.69, 9.17) is 4.74 Å². The fourth-order valence-electron chi connectivity index (χ4n) is 2.61. The van der Waals surface area contributed by atoms with E-state index in [-0.39, 0.29) is 5.56 Å². The molecule has 2 aliphatic rings. The summed E-state index contributed by atoms with van der Waals surface area (Å²) in [6, 6.07) is 13.0. The smallest absolute Gasteiger partial charge is 0.417 e. The molecule has 0 heterocycles. The molecule has 3 rings (SSSR count). The molecule has 5 heteroatoms. The van der Waals surface area contributed by atoms with Crippen molar-refractivity contribution >= 4 is 0 Å². The Kier molecular flexibility index (Phi) is 3.72. The van der Waals surface area contributed by atoms with Crippen molar-refractivity contribution in [2.45, 2.75) is 6.18 Å². The predicted octanol–water partition coefficient (Wildman–Crippen LogP) is 5.62. The number of methoxy groups -OCH3 is 1. The summed E-state index contributed by atoms with van der Waals surface area (Å²) in [6.07, 6.45) is -4.63. The van der Waals surface area contributed by atoms with E-state index in [2.05, 4.69) is 0 Å². The average Bonchev–Trinajstić information content (AvgIpc) is 2.81. The van der Waals surface area contributed by atoms with Gasteiger partial charge in [-0.2, -0.15) is 13.2 Å². The van der Waals surface area contributed by atoms with E-state index in [0.29, 0.717) is 16.9 Å². The van der Waals surface area contributed by atoms with Gasteiger partial charge in [-0.1, -0.05) is 30.3 Å². The van der Waals surface area contributed by atoms with Crippen LogP contribution in [0.3, 0.4) is 0 Å². The Hall–Kier alpha value is -2.56. The Labute approximate surface area is 130 Å². The molecule has 0 spiro atoms. The second-order valence-corrected chi connectivity index (χ2v) is 5.05. The van der Waals surface area contributed by atoms with E-state index in [0.717, 1.165) is 12.1 Å². The molecule has 23 heavy (non-hydrogen) atoms. The van der Waals surface area contributed by atoms with E-state index in [9.17, 15) is 17.6 Å². The summed E-state index contributed by atoms with van der Waals surface area (Å²) >= 11 is 0. The molecule has 2 aliphatic carbocycles. The third kappa shape index (κ3) is 2.74. The zero-order valence-electron chi connectivity index (χ0n) is 12.1.